The molecule has 0 radical (unpaired) electrons. The Hall–Kier alpha value is -1.02. The summed E-state index contributed by atoms with van der Waals surface area (Å²) in [6.45, 7) is 1.38. The molecule has 2 N–H and O–H groups in total. The Morgan fingerprint density at radius 3 is 2.47 bits per heavy atom. The van der Waals surface area contributed by atoms with Crippen LogP contribution in [0.1, 0.15) is 4.88 Å². The number of nitrogens with zero attached hydrogens (tertiary/aromatic N) is 2. The fourth-order valence-corrected chi connectivity index (χ4v) is 2.73. The van der Waals surface area contributed by atoms with Crippen molar-refractivity contribution in [3.05, 3.63) is 26.4 Å². The molecule has 0 aromatic carbocycles. The van der Waals surface area contributed by atoms with E-state index in [1.165, 1.54) is 17.4 Å². The molecule has 0 fully saturated rings. The van der Waals surface area contributed by atoms with Crippen LogP contribution in [0, 0.1) is 10.1 Å². The zero-order chi connectivity index (χ0) is 12.9. The highest BCUT2D eigenvalue weighted by Gasteiger charge is 2.26. The number of aliphatic hydroxyl groups excluding tert-OH is 2. The zero-order valence-electron chi connectivity index (χ0n) is 9.70. The van der Waals surface area contributed by atoms with Crippen LogP contribution in [-0.4, -0.2) is 53.0 Å². The summed E-state index contributed by atoms with van der Waals surface area (Å²) in [4.78, 5) is 11.1. The smallest absolute Gasteiger partial charge is 0.288 e. The maximum absolute atomic E-state index is 10.8. The van der Waals surface area contributed by atoms with E-state index in [1.807, 2.05) is 7.05 Å². The van der Waals surface area contributed by atoms with E-state index < -0.39 is 4.92 Å². The number of nitro groups is 1. The van der Waals surface area contributed by atoms with Gasteiger partial charge in [0.2, 0.25) is 0 Å². The second-order valence-corrected chi connectivity index (χ2v) is 5.16. The first-order valence-electron chi connectivity index (χ1n) is 5.28. The molecule has 6 nitrogen and oxygen atoms in total. The van der Waals surface area contributed by atoms with Crippen molar-refractivity contribution < 1.29 is 19.6 Å². The van der Waals surface area contributed by atoms with E-state index in [4.69, 9.17) is 10.2 Å². The van der Waals surface area contributed by atoms with Gasteiger partial charge in [-0.1, -0.05) is 0 Å². The Bertz CT molecular complexity index is 374. The summed E-state index contributed by atoms with van der Waals surface area (Å²) in [6.07, 6.45) is 0. The number of aliphatic hydroxyl groups is 2. The summed E-state index contributed by atoms with van der Waals surface area (Å²) in [6, 6.07) is 1.49. The summed E-state index contributed by atoms with van der Waals surface area (Å²) in [7, 11) is 1.87. The van der Waals surface area contributed by atoms with Crippen LogP contribution in [0.4, 0.5) is 5.69 Å². The lowest BCUT2D eigenvalue weighted by molar-refractivity contribution is -0.922. The molecule has 0 amide bonds. The monoisotopic (exact) mass is 261 g/mol. The molecule has 0 saturated carbocycles. The van der Waals surface area contributed by atoms with E-state index in [0.29, 0.717) is 29.0 Å². The van der Waals surface area contributed by atoms with E-state index in [-0.39, 0.29) is 18.9 Å². The molecule has 96 valence electrons. The molecule has 1 rings (SSSR count). The molecule has 1 heterocycles. The summed E-state index contributed by atoms with van der Waals surface area (Å²) in [5.74, 6) is 0. The standard InChI is InChI=1S/C10H17N2O4S/c1-12(3-5-13,4-6-14)8-10-9(11(15)16)2-7-17-10/h2,7,13-14H,3-6,8H2,1H3/q+1. The van der Waals surface area contributed by atoms with Gasteiger partial charge in [-0.2, -0.15) is 0 Å². The molecule has 17 heavy (non-hydrogen) atoms. The number of rotatable bonds is 7. The van der Waals surface area contributed by atoms with Crippen molar-refractivity contribution in [2.75, 3.05) is 33.4 Å². The normalized spacial score (nSPS) is 11.7. The number of likely N-dealkylation sites (N-methyl/N-ethyl adjacent to an activating group) is 1. The molecule has 1 aromatic heterocycles. The van der Waals surface area contributed by atoms with Crippen LogP contribution >= 0.6 is 11.3 Å². The van der Waals surface area contributed by atoms with Gasteiger partial charge < -0.3 is 14.7 Å². The second kappa shape index (κ2) is 6.06. The first kappa shape index (κ1) is 14.0. The lowest BCUT2D eigenvalue weighted by Crippen LogP contribution is -2.47. The maximum Gasteiger partial charge on any atom is 0.288 e. The van der Waals surface area contributed by atoms with Gasteiger partial charge in [0.1, 0.15) is 24.5 Å². The predicted octanol–water partition coefficient (Wildman–Crippen LogP) is 0.587. The molecule has 1 aromatic rings. The zero-order valence-corrected chi connectivity index (χ0v) is 10.5. The summed E-state index contributed by atoms with van der Waals surface area (Å²) in [5, 5.41) is 30.5. The molecular formula is C10H17N2O4S+. The van der Waals surface area contributed by atoms with Gasteiger partial charge in [-0.25, -0.2) is 0 Å². The minimum absolute atomic E-state index is 0.00429. The molecule has 0 aliphatic rings. The Morgan fingerprint density at radius 1 is 1.41 bits per heavy atom. The van der Waals surface area contributed by atoms with Gasteiger partial charge in [-0.05, 0) is 5.38 Å². The molecule has 0 aliphatic carbocycles. The Balaban J connectivity index is 2.85. The van der Waals surface area contributed by atoms with Crippen molar-refractivity contribution in [1.82, 2.24) is 0 Å². The Labute approximate surface area is 103 Å². The van der Waals surface area contributed by atoms with Crippen LogP contribution in [0.25, 0.3) is 0 Å². The lowest BCUT2D eigenvalue weighted by Gasteiger charge is -2.32. The van der Waals surface area contributed by atoms with Gasteiger partial charge in [0.25, 0.3) is 5.69 Å². The van der Waals surface area contributed by atoms with Gasteiger partial charge in [-0.15, -0.1) is 11.3 Å². The SMILES string of the molecule is C[N+](CCO)(CCO)Cc1sccc1[N+](=O)[O-]. The van der Waals surface area contributed by atoms with Gasteiger partial charge in [0, 0.05) is 6.07 Å². The molecule has 0 atom stereocenters. The summed E-state index contributed by atoms with van der Waals surface area (Å²) in [5.41, 5.74) is 0.121. The Kier molecular flexibility index (Phi) is 5.01. The van der Waals surface area contributed by atoms with Gasteiger partial charge in [0.15, 0.2) is 0 Å². The molecule has 0 bridgehead atoms. The number of hydrogen-bond acceptors (Lipinski definition) is 5. The van der Waals surface area contributed by atoms with Crippen molar-refractivity contribution >= 4 is 17.0 Å². The fourth-order valence-electron chi connectivity index (χ4n) is 1.71. The first-order valence-corrected chi connectivity index (χ1v) is 6.16. The van der Waals surface area contributed by atoms with Gasteiger partial charge >= 0.3 is 0 Å². The highest BCUT2D eigenvalue weighted by molar-refractivity contribution is 7.10. The van der Waals surface area contributed by atoms with Crippen LogP contribution in [0.15, 0.2) is 11.4 Å². The van der Waals surface area contributed by atoms with Crippen molar-refractivity contribution in [2.24, 2.45) is 0 Å². The predicted molar refractivity (Wildman–Crippen MR) is 64.8 cm³/mol. The van der Waals surface area contributed by atoms with Crippen molar-refractivity contribution in [2.45, 2.75) is 6.54 Å². The summed E-state index contributed by atoms with van der Waals surface area (Å²) >= 11 is 1.34. The quantitative estimate of drug-likeness (QED) is 0.427. The summed E-state index contributed by atoms with van der Waals surface area (Å²) < 4.78 is 0.397. The minimum Gasteiger partial charge on any atom is -0.391 e. The van der Waals surface area contributed by atoms with Gasteiger partial charge in [-0.3, -0.25) is 10.1 Å². The third kappa shape index (κ3) is 3.74. The third-order valence-corrected chi connectivity index (χ3v) is 3.62. The highest BCUT2D eigenvalue weighted by atomic mass is 32.1. The topological polar surface area (TPSA) is 83.6 Å². The largest absolute Gasteiger partial charge is 0.391 e. The first-order chi connectivity index (χ1) is 8.02. The van der Waals surface area contributed by atoms with E-state index in [9.17, 15) is 10.1 Å². The minimum atomic E-state index is -0.395. The van der Waals surface area contributed by atoms with E-state index in [1.54, 1.807) is 5.38 Å². The molecular weight excluding hydrogens is 244 g/mol. The molecule has 7 heteroatoms. The molecule has 0 spiro atoms. The van der Waals surface area contributed by atoms with E-state index in [2.05, 4.69) is 0 Å². The van der Waals surface area contributed by atoms with Crippen molar-refractivity contribution in [1.29, 1.82) is 0 Å². The third-order valence-electron chi connectivity index (χ3n) is 2.72. The average Bonchev–Trinajstić information content (AvgIpc) is 2.66. The number of quaternary nitrogens is 1. The number of thiophene rings is 1. The van der Waals surface area contributed by atoms with E-state index >= 15 is 0 Å². The van der Waals surface area contributed by atoms with Crippen LogP contribution in [0.2, 0.25) is 0 Å². The molecule has 0 unspecified atom stereocenters. The average molecular weight is 261 g/mol. The van der Waals surface area contributed by atoms with Crippen LogP contribution < -0.4 is 0 Å². The molecule has 0 saturated heterocycles. The fraction of sp³-hybridized carbons (Fsp3) is 0.600. The van der Waals surface area contributed by atoms with Crippen LogP contribution in [0.5, 0.6) is 0 Å². The second-order valence-electron chi connectivity index (χ2n) is 4.16. The number of hydrogen-bond donors (Lipinski definition) is 2. The Morgan fingerprint density at radius 2 is 2.00 bits per heavy atom. The van der Waals surface area contributed by atoms with Crippen LogP contribution in [0.3, 0.4) is 0 Å². The maximum atomic E-state index is 10.8. The van der Waals surface area contributed by atoms with E-state index in [0.717, 1.165) is 0 Å². The highest BCUT2D eigenvalue weighted by Crippen LogP contribution is 2.27. The van der Waals surface area contributed by atoms with Crippen molar-refractivity contribution in [3.8, 4) is 0 Å². The molecule has 0 aliphatic heterocycles. The lowest BCUT2D eigenvalue weighted by atomic mass is 10.3. The van der Waals surface area contributed by atoms with Gasteiger partial charge in [0.05, 0.1) is 25.2 Å². The van der Waals surface area contributed by atoms with Crippen LogP contribution in [-0.2, 0) is 6.54 Å². The van der Waals surface area contributed by atoms with Crippen molar-refractivity contribution in [3.63, 3.8) is 0 Å².